The van der Waals surface area contributed by atoms with E-state index in [2.05, 4.69) is 9.83 Å². The Morgan fingerprint density at radius 3 is 2.68 bits per heavy atom. The van der Waals surface area contributed by atoms with Gasteiger partial charge >= 0.3 is 7.48 Å². The summed E-state index contributed by atoms with van der Waals surface area (Å²) in [6.45, 7) is 6.92. The summed E-state index contributed by atoms with van der Waals surface area (Å²) < 4.78 is 5.66. The molecule has 6 nitrogen and oxygen atoms in total. The fourth-order valence-corrected chi connectivity index (χ4v) is 1.93. The van der Waals surface area contributed by atoms with Crippen LogP contribution in [0.1, 0.15) is 5.56 Å². The van der Waals surface area contributed by atoms with E-state index in [0.717, 1.165) is 7.48 Å². The van der Waals surface area contributed by atoms with Crippen LogP contribution in [-0.4, -0.2) is 36.7 Å². The van der Waals surface area contributed by atoms with Gasteiger partial charge in [0.2, 0.25) is 11.6 Å². The van der Waals surface area contributed by atoms with Crippen LogP contribution in [0.2, 0.25) is 0 Å². The standard InChI is InChI=1S/C15H15BN3O3/c1-17-13-6-7-14(18-15(13)19(2)3)22-11-4-5-12(16-21)10(8-11)9-20/h4-8,20-21H,9H2,2-3H3. The quantitative estimate of drug-likeness (QED) is 0.641. The van der Waals surface area contributed by atoms with Crippen molar-refractivity contribution in [2.75, 3.05) is 19.0 Å². The van der Waals surface area contributed by atoms with Crippen LogP contribution in [0.5, 0.6) is 11.6 Å². The number of nitrogens with zero attached hydrogens (tertiary/aromatic N) is 3. The van der Waals surface area contributed by atoms with Gasteiger partial charge in [0, 0.05) is 14.1 Å². The van der Waals surface area contributed by atoms with Gasteiger partial charge in [-0.1, -0.05) is 6.07 Å². The second-order valence-corrected chi connectivity index (χ2v) is 4.75. The topological polar surface area (TPSA) is 70.2 Å². The van der Waals surface area contributed by atoms with Crippen molar-refractivity contribution in [1.29, 1.82) is 0 Å². The van der Waals surface area contributed by atoms with E-state index in [1.54, 1.807) is 49.3 Å². The third-order valence-corrected chi connectivity index (χ3v) is 3.02. The fourth-order valence-electron chi connectivity index (χ4n) is 1.93. The van der Waals surface area contributed by atoms with E-state index in [0.29, 0.717) is 34.2 Å². The van der Waals surface area contributed by atoms with Crippen molar-refractivity contribution in [2.24, 2.45) is 0 Å². The predicted octanol–water partition coefficient (Wildman–Crippen LogP) is 1.22. The van der Waals surface area contributed by atoms with Crippen LogP contribution < -0.4 is 15.1 Å². The third kappa shape index (κ3) is 3.36. The molecular weight excluding hydrogens is 281 g/mol. The van der Waals surface area contributed by atoms with Crippen LogP contribution in [0.15, 0.2) is 30.3 Å². The highest BCUT2D eigenvalue weighted by atomic mass is 16.5. The molecule has 0 fully saturated rings. The molecule has 0 amide bonds. The van der Waals surface area contributed by atoms with Crippen LogP contribution in [-0.2, 0) is 6.61 Å². The minimum Gasteiger partial charge on any atom is -0.450 e. The Kier molecular flexibility index (Phi) is 4.99. The van der Waals surface area contributed by atoms with Gasteiger partial charge in [0.15, 0.2) is 0 Å². The molecule has 0 bridgehead atoms. The zero-order valence-corrected chi connectivity index (χ0v) is 12.3. The molecule has 1 heterocycles. The number of anilines is 1. The number of pyridine rings is 1. The van der Waals surface area contributed by atoms with E-state index in [4.69, 9.17) is 16.3 Å². The van der Waals surface area contributed by atoms with E-state index in [1.165, 1.54) is 0 Å². The number of aliphatic hydroxyl groups excluding tert-OH is 1. The molecule has 1 aromatic heterocycles. The van der Waals surface area contributed by atoms with Gasteiger partial charge in [0.25, 0.3) is 0 Å². The van der Waals surface area contributed by atoms with Crippen LogP contribution in [0.4, 0.5) is 11.5 Å². The van der Waals surface area contributed by atoms with Crippen molar-refractivity contribution >= 4 is 24.5 Å². The molecule has 111 valence electrons. The Labute approximate surface area is 129 Å². The second-order valence-electron chi connectivity index (χ2n) is 4.75. The molecule has 0 aliphatic carbocycles. The molecule has 1 radical (unpaired) electrons. The summed E-state index contributed by atoms with van der Waals surface area (Å²) in [5.41, 5.74) is 1.52. The van der Waals surface area contributed by atoms with Crippen molar-refractivity contribution in [2.45, 2.75) is 6.61 Å². The van der Waals surface area contributed by atoms with Crippen LogP contribution in [0, 0.1) is 6.57 Å². The maximum Gasteiger partial charge on any atom is 0.327 e. The average Bonchev–Trinajstić information content (AvgIpc) is 2.54. The number of rotatable bonds is 5. The molecule has 0 saturated carbocycles. The van der Waals surface area contributed by atoms with E-state index < -0.39 is 0 Å². The maximum absolute atomic E-state index is 9.28. The molecule has 0 unspecified atom stereocenters. The highest BCUT2D eigenvalue weighted by Crippen LogP contribution is 2.29. The first-order valence-electron chi connectivity index (χ1n) is 6.54. The number of ether oxygens (including phenoxy) is 1. The summed E-state index contributed by atoms with van der Waals surface area (Å²) in [5.74, 6) is 1.36. The molecule has 0 aliphatic heterocycles. The highest BCUT2D eigenvalue weighted by molar-refractivity contribution is 6.46. The first kappa shape index (κ1) is 15.8. The van der Waals surface area contributed by atoms with Gasteiger partial charge in [0.05, 0.1) is 13.2 Å². The number of aliphatic hydroxyl groups is 1. The van der Waals surface area contributed by atoms with E-state index in [-0.39, 0.29) is 6.61 Å². The Morgan fingerprint density at radius 1 is 1.32 bits per heavy atom. The van der Waals surface area contributed by atoms with Gasteiger partial charge in [-0.2, -0.15) is 0 Å². The Balaban J connectivity index is 2.31. The van der Waals surface area contributed by atoms with E-state index >= 15 is 0 Å². The first-order valence-corrected chi connectivity index (χ1v) is 6.54. The summed E-state index contributed by atoms with van der Waals surface area (Å²) in [6, 6.07) is 8.20. The van der Waals surface area contributed by atoms with Gasteiger partial charge in [-0.25, -0.2) is 9.83 Å². The lowest BCUT2D eigenvalue weighted by molar-refractivity contribution is 0.282. The normalized spacial score (nSPS) is 9.95. The lowest BCUT2D eigenvalue weighted by Crippen LogP contribution is -2.18. The van der Waals surface area contributed by atoms with Gasteiger partial charge in [-0.3, -0.25) is 0 Å². The van der Waals surface area contributed by atoms with Crippen LogP contribution in [0.3, 0.4) is 0 Å². The van der Waals surface area contributed by atoms with Gasteiger partial charge in [-0.05, 0) is 35.3 Å². The van der Waals surface area contributed by atoms with Gasteiger partial charge in [0.1, 0.15) is 11.6 Å². The van der Waals surface area contributed by atoms with E-state index in [1.807, 2.05) is 0 Å². The summed E-state index contributed by atoms with van der Waals surface area (Å²) >= 11 is 0. The zero-order valence-electron chi connectivity index (χ0n) is 12.3. The molecule has 2 N–H and O–H groups in total. The lowest BCUT2D eigenvalue weighted by atomic mass is 9.84. The van der Waals surface area contributed by atoms with Crippen LogP contribution in [0.25, 0.3) is 4.85 Å². The number of hydrogen-bond acceptors (Lipinski definition) is 5. The predicted molar refractivity (Wildman–Crippen MR) is 84.9 cm³/mol. The van der Waals surface area contributed by atoms with Crippen molar-refractivity contribution < 1.29 is 14.9 Å². The Morgan fingerprint density at radius 2 is 2.09 bits per heavy atom. The largest absolute Gasteiger partial charge is 0.450 e. The molecule has 0 aliphatic rings. The SMILES string of the molecule is [C-]#[N+]c1ccc(Oc2ccc([B]O)c(CO)c2)nc1N(C)C. The van der Waals surface area contributed by atoms with Crippen molar-refractivity contribution in [1.82, 2.24) is 4.98 Å². The zero-order chi connectivity index (χ0) is 16.1. The minimum absolute atomic E-state index is 0.212. The van der Waals surface area contributed by atoms with Crippen LogP contribution >= 0.6 is 0 Å². The van der Waals surface area contributed by atoms with Crippen molar-refractivity contribution in [3.63, 3.8) is 0 Å². The lowest BCUT2D eigenvalue weighted by Gasteiger charge is -2.15. The van der Waals surface area contributed by atoms with Crippen molar-refractivity contribution in [3.8, 4) is 11.6 Å². The summed E-state index contributed by atoms with van der Waals surface area (Å²) in [4.78, 5) is 9.46. The molecule has 7 heteroatoms. The van der Waals surface area contributed by atoms with E-state index in [9.17, 15) is 5.11 Å². The molecular formula is C15H15BN3O3. The molecule has 22 heavy (non-hydrogen) atoms. The third-order valence-electron chi connectivity index (χ3n) is 3.02. The fraction of sp³-hybridized carbons (Fsp3) is 0.200. The van der Waals surface area contributed by atoms with Crippen molar-refractivity contribution in [3.05, 3.63) is 47.3 Å². The van der Waals surface area contributed by atoms with Gasteiger partial charge in [-0.15, -0.1) is 0 Å². The molecule has 1 aromatic carbocycles. The molecule has 0 saturated heterocycles. The Hall–Kier alpha value is -2.56. The average molecular weight is 296 g/mol. The summed E-state index contributed by atoms with van der Waals surface area (Å²) in [7, 11) is 4.54. The monoisotopic (exact) mass is 296 g/mol. The number of hydrogen-bond donors (Lipinski definition) is 2. The summed E-state index contributed by atoms with van der Waals surface area (Å²) in [5, 5.41) is 18.3. The Bertz CT molecular complexity index is 714. The van der Waals surface area contributed by atoms with Gasteiger partial charge < -0.3 is 19.8 Å². The second kappa shape index (κ2) is 6.94. The molecule has 2 aromatic rings. The molecule has 0 atom stereocenters. The maximum atomic E-state index is 9.28. The highest BCUT2D eigenvalue weighted by Gasteiger charge is 2.10. The smallest absolute Gasteiger partial charge is 0.327 e. The first-order chi connectivity index (χ1) is 10.6. The minimum atomic E-state index is -0.212. The summed E-state index contributed by atoms with van der Waals surface area (Å²) in [6.07, 6.45) is 0. The molecule has 0 spiro atoms. The number of aromatic nitrogens is 1. The molecule has 2 rings (SSSR count). The number of benzene rings is 1.